The monoisotopic (exact) mass is 289 g/mol. The summed E-state index contributed by atoms with van der Waals surface area (Å²) in [5.74, 6) is 0.745. The number of hydrogen-bond acceptors (Lipinski definition) is 3. The number of benzene rings is 1. The zero-order chi connectivity index (χ0) is 13.1. The van der Waals surface area contributed by atoms with E-state index in [1.807, 2.05) is 6.07 Å². The summed E-state index contributed by atoms with van der Waals surface area (Å²) in [5, 5.41) is 4.72. The molecule has 1 heterocycles. The first-order chi connectivity index (χ1) is 8.61. The topological polar surface area (TPSA) is 30.5 Å². The van der Waals surface area contributed by atoms with E-state index < -0.39 is 0 Å². The molecular formula is C13H17Cl2NO2. The van der Waals surface area contributed by atoms with Gasteiger partial charge in [-0.05, 0) is 19.1 Å². The average molecular weight is 290 g/mol. The molecule has 1 aromatic rings. The Bertz CT molecular complexity index is 426. The minimum absolute atomic E-state index is 0.204. The van der Waals surface area contributed by atoms with E-state index in [4.69, 9.17) is 32.7 Å². The zero-order valence-electron chi connectivity index (χ0n) is 10.5. The maximum Gasteiger partial charge on any atom is 0.142 e. The predicted octanol–water partition coefficient (Wildman–Crippen LogP) is 3.44. The number of halogens is 2. The zero-order valence-corrected chi connectivity index (χ0v) is 12.0. The van der Waals surface area contributed by atoms with Crippen molar-refractivity contribution < 1.29 is 9.47 Å². The highest BCUT2D eigenvalue weighted by molar-refractivity contribution is 6.35. The van der Waals surface area contributed by atoms with Gasteiger partial charge in [0, 0.05) is 36.2 Å². The lowest BCUT2D eigenvalue weighted by Gasteiger charge is -2.30. The second-order valence-electron chi connectivity index (χ2n) is 4.52. The molecule has 0 fully saturated rings. The Kier molecular flexibility index (Phi) is 4.73. The molecule has 0 saturated heterocycles. The summed E-state index contributed by atoms with van der Waals surface area (Å²) in [4.78, 5) is 0. The summed E-state index contributed by atoms with van der Waals surface area (Å²) in [5.41, 5.74) is 1.03. The summed E-state index contributed by atoms with van der Waals surface area (Å²) in [7, 11) is 1.70. The van der Waals surface area contributed by atoms with E-state index in [-0.39, 0.29) is 12.1 Å². The van der Waals surface area contributed by atoms with Crippen molar-refractivity contribution in [2.75, 3.05) is 20.3 Å². The van der Waals surface area contributed by atoms with Crippen molar-refractivity contribution in [3.63, 3.8) is 0 Å². The fraction of sp³-hybridized carbons (Fsp3) is 0.538. The Labute approximate surface area is 117 Å². The molecule has 0 spiro atoms. The van der Waals surface area contributed by atoms with Gasteiger partial charge in [0.25, 0.3) is 0 Å². The molecule has 1 aliphatic heterocycles. The molecule has 0 saturated carbocycles. The molecular weight excluding hydrogens is 273 g/mol. The second kappa shape index (κ2) is 6.11. The molecule has 100 valence electrons. The summed E-state index contributed by atoms with van der Waals surface area (Å²) in [6.45, 7) is 3.41. The maximum atomic E-state index is 6.15. The van der Waals surface area contributed by atoms with E-state index >= 15 is 0 Å². The summed E-state index contributed by atoms with van der Waals surface area (Å²) in [6, 6.07) is 4.10. The van der Waals surface area contributed by atoms with Crippen LogP contribution in [0.3, 0.4) is 0 Å². The highest BCUT2D eigenvalue weighted by atomic mass is 35.5. The molecule has 0 aromatic heterocycles. The molecule has 0 bridgehead atoms. The van der Waals surface area contributed by atoms with Gasteiger partial charge >= 0.3 is 0 Å². The highest BCUT2D eigenvalue weighted by Gasteiger charge is 2.25. The molecule has 2 unspecified atom stereocenters. The van der Waals surface area contributed by atoms with Crippen molar-refractivity contribution in [3.8, 4) is 5.75 Å². The minimum Gasteiger partial charge on any atom is -0.492 e. The third kappa shape index (κ3) is 3.09. The Morgan fingerprint density at radius 2 is 2.28 bits per heavy atom. The molecule has 1 aliphatic rings. The van der Waals surface area contributed by atoms with Crippen molar-refractivity contribution in [1.29, 1.82) is 0 Å². The molecule has 3 nitrogen and oxygen atoms in total. The number of ether oxygens (including phenoxy) is 2. The van der Waals surface area contributed by atoms with Gasteiger partial charge in [0.1, 0.15) is 5.75 Å². The van der Waals surface area contributed by atoms with Crippen molar-refractivity contribution in [3.05, 3.63) is 27.7 Å². The average Bonchev–Trinajstić information content (AvgIpc) is 2.30. The van der Waals surface area contributed by atoms with Gasteiger partial charge in [0.05, 0.1) is 18.2 Å². The first-order valence-corrected chi connectivity index (χ1v) is 6.74. The van der Waals surface area contributed by atoms with Crippen LogP contribution in [-0.2, 0) is 4.74 Å². The van der Waals surface area contributed by atoms with E-state index in [2.05, 4.69) is 12.2 Å². The standard InChI is InChI=1S/C13H17Cl2NO2/c1-8(7-17-2)16-12-3-4-18-13-10(12)5-9(14)6-11(13)15/h5-6,8,12,16H,3-4,7H2,1-2H3. The number of rotatable bonds is 4. The van der Waals surface area contributed by atoms with E-state index in [1.165, 1.54) is 0 Å². The molecule has 0 amide bonds. The van der Waals surface area contributed by atoms with E-state index in [1.54, 1.807) is 13.2 Å². The third-order valence-electron chi connectivity index (χ3n) is 2.97. The van der Waals surface area contributed by atoms with Gasteiger partial charge in [-0.3, -0.25) is 0 Å². The molecule has 1 aromatic carbocycles. The predicted molar refractivity (Wildman–Crippen MR) is 73.8 cm³/mol. The van der Waals surface area contributed by atoms with Crippen LogP contribution in [0.4, 0.5) is 0 Å². The van der Waals surface area contributed by atoms with E-state index in [9.17, 15) is 0 Å². The van der Waals surface area contributed by atoms with Gasteiger partial charge in [-0.1, -0.05) is 23.2 Å². The van der Waals surface area contributed by atoms with Crippen LogP contribution in [0.15, 0.2) is 12.1 Å². The third-order valence-corrected chi connectivity index (χ3v) is 3.47. The van der Waals surface area contributed by atoms with Crippen LogP contribution in [0.25, 0.3) is 0 Å². The van der Waals surface area contributed by atoms with Gasteiger partial charge < -0.3 is 14.8 Å². The first kappa shape index (κ1) is 13.9. The fourth-order valence-corrected chi connectivity index (χ4v) is 2.80. The molecule has 1 N–H and O–H groups in total. The van der Waals surface area contributed by atoms with E-state index in [0.717, 1.165) is 17.7 Å². The first-order valence-electron chi connectivity index (χ1n) is 5.98. The van der Waals surface area contributed by atoms with Gasteiger partial charge in [-0.25, -0.2) is 0 Å². The van der Waals surface area contributed by atoms with Crippen LogP contribution < -0.4 is 10.1 Å². The van der Waals surface area contributed by atoms with Gasteiger partial charge in [-0.15, -0.1) is 0 Å². The van der Waals surface area contributed by atoms with Gasteiger partial charge in [-0.2, -0.15) is 0 Å². The molecule has 18 heavy (non-hydrogen) atoms. The largest absolute Gasteiger partial charge is 0.492 e. The summed E-state index contributed by atoms with van der Waals surface area (Å²) in [6.07, 6.45) is 0.901. The van der Waals surface area contributed by atoms with Crippen molar-refractivity contribution in [1.82, 2.24) is 5.32 Å². The Hall–Kier alpha value is -0.480. The summed E-state index contributed by atoms with van der Waals surface area (Å²) < 4.78 is 10.8. The van der Waals surface area contributed by atoms with Crippen molar-refractivity contribution in [2.45, 2.75) is 25.4 Å². The van der Waals surface area contributed by atoms with Crippen LogP contribution in [0.2, 0.25) is 10.0 Å². The highest BCUT2D eigenvalue weighted by Crippen LogP contribution is 2.40. The maximum absolute atomic E-state index is 6.15. The molecule has 5 heteroatoms. The molecule has 0 radical (unpaired) electrons. The number of methoxy groups -OCH3 is 1. The Morgan fingerprint density at radius 3 is 3.00 bits per heavy atom. The van der Waals surface area contributed by atoms with Crippen LogP contribution in [0, 0.1) is 0 Å². The number of hydrogen-bond donors (Lipinski definition) is 1. The fourth-order valence-electron chi connectivity index (χ4n) is 2.24. The Morgan fingerprint density at radius 1 is 1.50 bits per heavy atom. The van der Waals surface area contributed by atoms with Crippen LogP contribution >= 0.6 is 23.2 Å². The second-order valence-corrected chi connectivity index (χ2v) is 5.36. The van der Waals surface area contributed by atoms with Gasteiger partial charge in [0.15, 0.2) is 0 Å². The summed E-state index contributed by atoms with van der Waals surface area (Å²) >= 11 is 12.2. The lowest BCUT2D eigenvalue weighted by molar-refractivity contribution is 0.158. The quantitative estimate of drug-likeness (QED) is 0.921. The molecule has 0 aliphatic carbocycles. The molecule has 2 atom stereocenters. The number of fused-ring (bicyclic) bond motifs is 1. The lowest BCUT2D eigenvalue weighted by atomic mass is 10.00. The minimum atomic E-state index is 0.204. The lowest BCUT2D eigenvalue weighted by Crippen LogP contribution is -2.36. The Balaban J connectivity index is 2.22. The van der Waals surface area contributed by atoms with Crippen molar-refractivity contribution in [2.24, 2.45) is 0 Å². The normalized spacial score (nSPS) is 20.1. The number of nitrogens with one attached hydrogen (secondary N) is 1. The van der Waals surface area contributed by atoms with E-state index in [0.29, 0.717) is 23.3 Å². The van der Waals surface area contributed by atoms with Crippen LogP contribution in [0.5, 0.6) is 5.75 Å². The van der Waals surface area contributed by atoms with Crippen LogP contribution in [-0.4, -0.2) is 26.4 Å². The van der Waals surface area contributed by atoms with Crippen LogP contribution in [0.1, 0.15) is 24.9 Å². The SMILES string of the molecule is COCC(C)NC1CCOc2c(Cl)cc(Cl)cc21. The van der Waals surface area contributed by atoms with Crippen molar-refractivity contribution >= 4 is 23.2 Å². The van der Waals surface area contributed by atoms with Gasteiger partial charge in [0.2, 0.25) is 0 Å². The molecule has 2 rings (SSSR count). The smallest absolute Gasteiger partial charge is 0.142 e.